The molecule has 0 spiro atoms. The molecule has 0 saturated heterocycles. The Morgan fingerprint density at radius 2 is 1.40 bits per heavy atom. The molecule has 0 heterocycles. The van der Waals surface area contributed by atoms with E-state index in [4.69, 9.17) is 0 Å². The lowest BCUT2D eigenvalue weighted by atomic mass is 10.1. The van der Waals surface area contributed by atoms with Crippen molar-refractivity contribution in [2.75, 3.05) is 6.61 Å². The molecule has 0 aromatic carbocycles. The predicted octanol–water partition coefficient (Wildman–Crippen LogP) is 3.81. The minimum Gasteiger partial charge on any atom is -0.466 e. The van der Waals surface area contributed by atoms with E-state index in [0.717, 1.165) is 6.42 Å². The Labute approximate surface area is 124 Å². The third kappa shape index (κ3) is 22.0. The Bertz CT molecular complexity index is 280. The van der Waals surface area contributed by atoms with Crippen LogP contribution < -0.4 is 0 Å². The average Bonchev–Trinajstić information content (AvgIpc) is 2.13. The number of ketones is 2. The van der Waals surface area contributed by atoms with Crippen molar-refractivity contribution < 1.29 is 19.1 Å². The zero-order chi connectivity index (χ0) is 15.4. The zero-order valence-electron chi connectivity index (χ0n) is 13.1. The van der Waals surface area contributed by atoms with E-state index in [-0.39, 0.29) is 25.4 Å². The van der Waals surface area contributed by atoms with Gasteiger partial charge in [0.25, 0.3) is 0 Å². The number of esters is 1. The van der Waals surface area contributed by atoms with E-state index in [1.54, 1.807) is 13.8 Å². The second-order valence-corrected chi connectivity index (χ2v) is 5.42. The Balaban J connectivity index is -0.000000312. The summed E-state index contributed by atoms with van der Waals surface area (Å²) in [5.41, 5.74) is 0. The molecule has 0 radical (unpaired) electrons. The standard InChI is InChI=1S/C9H16O3.C6H12O.CH4/c1-4-12-9(11)6-8(10)5-7(2)3;1-5(2)4-6(3)7;/h7H,4-6H2,1-3H3;5H,4H2,1-3H3;1H4. The molecule has 4 nitrogen and oxygen atoms in total. The lowest BCUT2D eigenvalue weighted by Gasteiger charge is -2.03. The van der Waals surface area contributed by atoms with Gasteiger partial charge in [-0.05, 0) is 25.7 Å². The first-order valence-electron chi connectivity index (χ1n) is 6.85. The first-order chi connectivity index (χ1) is 8.68. The molecule has 4 heteroatoms. The van der Waals surface area contributed by atoms with Gasteiger partial charge in [0.1, 0.15) is 18.0 Å². The number of Topliss-reactive ketones (excluding diaryl/α,β-unsaturated/α-hetero) is 2. The van der Waals surface area contributed by atoms with Gasteiger partial charge in [-0.2, -0.15) is 0 Å². The number of hydrogen-bond acceptors (Lipinski definition) is 4. The molecule has 0 aliphatic heterocycles. The largest absolute Gasteiger partial charge is 0.466 e. The first kappa shape index (κ1) is 23.9. The van der Waals surface area contributed by atoms with Gasteiger partial charge in [0.2, 0.25) is 0 Å². The number of ether oxygens (including phenoxy) is 1. The van der Waals surface area contributed by atoms with Crippen molar-refractivity contribution in [3.8, 4) is 0 Å². The summed E-state index contributed by atoms with van der Waals surface area (Å²) in [6, 6.07) is 0. The maximum Gasteiger partial charge on any atom is 0.313 e. The second-order valence-electron chi connectivity index (χ2n) is 5.42. The topological polar surface area (TPSA) is 60.4 Å². The molecule has 0 atom stereocenters. The summed E-state index contributed by atoms with van der Waals surface area (Å²) in [6.07, 6.45) is 1.10. The van der Waals surface area contributed by atoms with Crippen LogP contribution in [-0.2, 0) is 19.1 Å². The predicted molar refractivity (Wildman–Crippen MR) is 82.6 cm³/mol. The summed E-state index contributed by atoms with van der Waals surface area (Å²) < 4.78 is 4.63. The van der Waals surface area contributed by atoms with Crippen molar-refractivity contribution in [3.63, 3.8) is 0 Å². The Kier molecular flexibility index (Phi) is 17.0. The second kappa shape index (κ2) is 14.2. The summed E-state index contributed by atoms with van der Waals surface area (Å²) >= 11 is 0. The highest BCUT2D eigenvalue weighted by molar-refractivity contribution is 5.95. The first-order valence-corrected chi connectivity index (χ1v) is 6.85. The summed E-state index contributed by atoms with van der Waals surface area (Å²) in [5, 5.41) is 0. The molecule has 20 heavy (non-hydrogen) atoms. The maximum absolute atomic E-state index is 11.0. The molecule has 0 unspecified atom stereocenters. The van der Waals surface area contributed by atoms with E-state index in [2.05, 4.69) is 4.74 Å². The Morgan fingerprint density at radius 3 is 1.65 bits per heavy atom. The molecular weight excluding hydrogens is 256 g/mol. The van der Waals surface area contributed by atoms with Crippen LogP contribution in [0.25, 0.3) is 0 Å². The molecule has 0 amide bonds. The number of rotatable bonds is 7. The summed E-state index contributed by atoms with van der Waals surface area (Å²) in [7, 11) is 0. The SMILES string of the molecule is C.CC(=O)CC(C)C.CCOC(=O)CC(=O)CC(C)C. The fourth-order valence-corrected chi connectivity index (χ4v) is 1.48. The minimum atomic E-state index is -0.414. The quantitative estimate of drug-likeness (QED) is 0.528. The third-order valence-corrected chi connectivity index (χ3v) is 1.98. The van der Waals surface area contributed by atoms with Gasteiger partial charge in [-0.3, -0.25) is 9.59 Å². The van der Waals surface area contributed by atoms with E-state index in [1.807, 2.05) is 27.7 Å². The summed E-state index contributed by atoms with van der Waals surface area (Å²) in [6.45, 7) is 11.7. The van der Waals surface area contributed by atoms with Gasteiger partial charge in [0.05, 0.1) is 6.61 Å². The van der Waals surface area contributed by atoms with Gasteiger partial charge in [-0.1, -0.05) is 35.1 Å². The fourth-order valence-electron chi connectivity index (χ4n) is 1.48. The molecule has 0 aliphatic rings. The Hall–Kier alpha value is -1.19. The molecule has 0 bridgehead atoms. The van der Waals surface area contributed by atoms with Gasteiger partial charge >= 0.3 is 5.97 Å². The fraction of sp³-hybridized carbons (Fsp3) is 0.812. The smallest absolute Gasteiger partial charge is 0.313 e. The number of carbonyl (C=O) groups is 3. The van der Waals surface area contributed by atoms with Crippen LogP contribution in [0.1, 0.15) is 68.2 Å². The van der Waals surface area contributed by atoms with Crippen molar-refractivity contribution in [2.45, 2.75) is 68.2 Å². The van der Waals surface area contributed by atoms with Crippen LogP contribution in [0, 0.1) is 11.8 Å². The number of carbonyl (C=O) groups excluding carboxylic acids is 3. The molecular formula is C16H32O4. The van der Waals surface area contributed by atoms with E-state index in [0.29, 0.717) is 24.9 Å². The van der Waals surface area contributed by atoms with Gasteiger partial charge in [-0.25, -0.2) is 0 Å². The third-order valence-electron chi connectivity index (χ3n) is 1.98. The summed E-state index contributed by atoms with van der Waals surface area (Å²) in [5.74, 6) is 0.672. The maximum atomic E-state index is 11.0. The highest BCUT2D eigenvalue weighted by atomic mass is 16.5. The van der Waals surface area contributed by atoms with Crippen LogP contribution in [0.15, 0.2) is 0 Å². The van der Waals surface area contributed by atoms with Gasteiger partial charge in [-0.15, -0.1) is 0 Å². The van der Waals surface area contributed by atoms with Crippen molar-refractivity contribution in [3.05, 3.63) is 0 Å². The van der Waals surface area contributed by atoms with Crippen LogP contribution in [0.4, 0.5) is 0 Å². The number of hydrogen-bond donors (Lipinski definition) is 0. The molecule has 120 valence electrons. The van der Waals surface area contributed by atoms with Crippen LogP contribution in [0.2, 0.25) is 0 Å². The summed E-state index contributed by atoms with van der Waals surface area (Å²) in [4.78, 5) is 32.1. The lowest BCUT2D eigenvalue weighted by Crippen LogP contribution is -2.12. The Morgan fingerprint density at radius 1 is 0.950 bits per heavy atom. The van der Waals surface area contributed by atoms with Crippen LogP contribution >= 0.6 is 0 Å². The molecule has 0 aliphatic carbocycles. The molecule has 0 saturated carbocycles. The van der Waals surface area contributed by atoms with Gasteiger partial charge in [0, 0.05) is 12.8 Å². The highest BCUT2D eigenvalue weighted by Crippen LogP contribution is 2.03. The monoisotopic (exact) mass is 288 g/mol. The molecule has 0 rings (SSSR count). The normalized spacial score (nSPS) is 9.40. The van der Waals surface area contributed by atoms with Crippen molar-refractivity contribution in [1.29, 1.82) is 0 Å². The van der Waals surface area contributed by atoms with E-state index in [1.165, 1.54) is 0 Å². The van der Waals surface area contributed by atoms with E-state index in [9.17, 15) is 14.4 Å². The molecule has 0 aromatic rings. The average molecular weight is 288 g/mol. The van der Waals surface area contributed by atoms with Crippen LogP contribution in [-0.4, -0.2) is 24.1 Å². The van der Waals surface area contributed by atoms with Gasteiger partial charge < -0.3 is 9.53 Å². The van der Waals surface area contributed by atoms with Crippen LogP contribution in [0.3, 0.4) is 0 Å². The molecule has 0 fully saturated rings. The van der Waals surface area contributed by atoms with E-state index >= 15 is 0 Å². The minimum absolute atomic E-state index is 0. The molecule has 0 aromatic heterocycles. The van der Waals surface area contributed by atoms with Crippen molar-refractivity contribution >= 4 is 17.5 Å². The van der Waals surface area contributed by atoms with Crippen LogP contribution in [0.5, 0.6) is 0 Å². The molecule has 0 N–H and O–H groups in total. The van der Waals surface area contributed by atoms with Crippen molar-refractivity contribution in [1.82, 2.24) is 0 Å². The lowest BCUT2D eigenvalue weighted by molar-refractivity contribution is -0.145. The van der Waals surface area contributed by atoms with Crippen molar-refractivity contribution in [2.24, 2.45) is 11.8 Å². The highest BCUT2D eigenvalue weighted by Gasteiger charge is 2.11. The van der Waals surface area contributed by atoms with Gasteiger partial charge in [0.15, 0.2) is 0 Å². The van der Waals surface area contributed by atoms with E-state index < -0.39 is 5.97 Å². The zero-order valence-corrected chi connectivity index (χ0v) is 13.1.